The van der Waals surface area contributed by atoms with Crippen molar-refractivity contribution >= 4 is 17.6 Å². The molecule has 20 heavy (non-hydrogen) atoms. The first-order chi connectivity index (χ1) is 9.65. The Labute approximate surface area is 117 Å². The van der Waals surface area contributed by atoms with E-state index < -0.39 is 12.1 Å². The molecule has 0 radical (unpaired) electrons. The summed E-state index contributed by atoms with van der Waals surface area (Å²) in [6.07, 6.45) is -0.456. The van der Waals surface area contributed by atoms with Gasteiger partial charge in [0.2, 0.25) is 5.91 Å². The fraction of sp³-hybridized carbons (Fsp3) is 0.429. The van der Waals surface area contributed by atoms with Crippen LogP contribution in [0, 0.1) is 0 Å². The minimum Gasteiger partial charge on any atom is -0.479 e. The Bertz CT molecular complexity index is 464. The smallest absolute Gasteiger partial charge is 0.334 e. The number of morpholine rings is 1. The van der Waals surface area contributed by atoms with Crippen LogP contribution < -0.4 is 5.32 Å². The van der Waals surface area contributed by atoms with Crippen molar-refractivity contribution < 1.29 is 19.4 Å². The molecule has 2 rings (SSSR count). The molecule has 6 heteroatoms. The van der Waals surface area contributed by atoms with E-state index in [-0.39, 0.29) is 5.91 Å². The van der Waals surface area contributed by atoms with Crippen LogP contribution in [-0.2, 0) is 14.3 Å². The molecule has 1 aromatic carbocycles. The van der Waals surface area contributed by atoms with Crippen LogP contribution in [0.15, 0.2) is 30.3 Å². The number of carbonyl (C=O) groups excluding carboxylic acids is 1. The summed E-state index contributed by atoms with van der Waals surface area (Å²) >= 11 is 0. The summed E-state index contributed by atoms with van der Waals surface area (Å²) in [5.41, 5.74) is 0.767. The van der Waals surface area contributed by atoms with Crippen molar-refractivity contribution in [3.8, 4) is 0 Å². The Morgan fingerprint density at radius 1 is 1.35 bits per heavy atom. The number of nitrogens with zero attached hydrogens (tertiary/aromatic N) is 1. The molecule has 1 aliphatic rings. The monoisotopic (exact) mass is 278 g/mol. The first-order valence-electron chi connectivity index (χ1n) is 6.57. The van der Waals surface area contributed by atoms with E-state index in [1.54, 1.807) is 0 Å². The normalized spacial score (nSPS) is 19.5. The molecule has 108 valence electrons. The minimum atomic E-state index is -0.955. The van der Waals surface area contributed by atoms with E-state index >= 15 is 0 Å². The topological polar surface area (TPSA) is 78.9 Å². The van der Waals surface area contributed by atoms with Gasteiger partial charge in [-0.15, -0.1) is 0 Å². The number of nitrogens with one attached hydrogen (secondary N) is 1. The van der Waals surface area contributed by atoms with Gasteiger partial charge in [0.25, 0.3) is 0 Å². The lowest BCUT2D eigenvalue weighted by Crippen LogP contribution is -2.46. The summed E-state index contributed by atoms with van der Waals surface area (Å²) in [6, 6.07) is 9.25. The predicted octanol–water partition coefficient (Wildman–Crippen LogP) is 0.801. The highest BCUT2D eigenvalue weighted by atomic mass is 16.5. The Kier molecular flexibility index (Phi) is 5.09. The fourth-order valence-corrected chi connectivity index (χ4v) is 2.06. The Morgan fingerprint density at radius 3 is 2.80 bits per heavy atom. The SMILES string of the molecule is O=C(CCN1CCOC(C(=O)O)C1)Nc1ccccc1. The van der Waals surface area contributed by atoms with Crippen LogP contribution >= 0.6 is 0 Å². The van der Waals surface area contributed by atoms with Crippen LogP contribution in [0.1, 0.15) is 6.42 Å². The van der Waals surface area contributed by atoms with Gasteiger partial charge in [-0.05, 0) is 12.1 Å². The molecule has 0 bridgehead atoms. The quantitative estimate of drug-likeness (QED) is 0.833. The fourth-order valence-electron chi connectivity index (χ4n) is 2.06. The van der Waals surface area contributed by atoms with E-state index in [2.05, 4.69) is 5.32 Å². The third-order valence-corrected chi connectivity index (χ3v) is 3.14. The van der Waals surface area contributed by atoms with Gasteiger partial charge in [0.05, 0.1) is 6.61 Å². The van der Waals surface area contributed by atoms with Gasteiger partial charge >= 0.3 is 5.97 Å². The maximum Gasteiger partial charge on any atom is 0.334 e. The molecule has 0 aliphatic carbocycles. The van der Waals surface area contributed by atoms with Crippen LogP contribution in [0.5, 0.6) is 0 Å². The molecule has 6 nitrogen and oxygen atoms in total. The van der Waals surface area contributed by atoms with E-state index in [0.29, 0.717) is 32.7 Å². The highest BCUT2D eigenvalue weighted by molar-refractivity contribution is 5.90. The van der Waals surface area contributed by atoms with E-state index in [1.165, 1.54) is 0 Å². The van der Waals surface area contributed by atoms with Crippen molar-refractivity contribution in [2.24, 2.45) is 0 Å². The van der Waals surface area contributed by atoms with Gasteiger partial charge in [0.15, 0.2) is 6.10 Å². The maximum absolute atomic E-state index is 11.8. The van der Waals surface area contributed by atoms with E-state index in [4.69, 9.17) is 9.84 Å². The second-order valence-electron chi connectivity index (χ2n) is 4.66. The second kappa shape index (κ2) is 7.02. The van der Waals surface area contributed by atoms with Gasteiger partial charge in [-0.25, -0.2) is 4.79 Å². The number of ether oxygens (including phenoxy) is 1. The number of carboxylic acid groups (broad SMARTS) is 1. The average Bonchev–Trinajstić information content (AvgIpc) is 2.46. The largest absolute Gasteiger partial charge is 0.479 e. The van der Waals surface area contributed by atoms with Crippen LogP contribution in [-0.4, -0.2) is 54.2 Å². The van der Waals surface area contributed by atoms with Crippen molar-refractivity contribution in [3.63, 3.8) is 0 Å². The van der Waals surface area contributed by atoms with Gasteiger partial charge in [0, 0.05) is 31.7 Å². The van der Waals surface area contributed by atoms with Crippen LogP contribution in [0.4, 0.5) is 5.69 Å². The molecule has 0 spiro atoms. The highest BCUT2D eigenvalue weighted by Gasteiger charge is 2.26. The molecular weight excluding hydrogens is 260 g/mol. The summed E-state index contributed by atoms with van der Waals surface area (Å²) in [4.78, 5) is 24.6. The molecule has 1 aliphatic heterocycles. The Balaban J connectivity index is 1.74. The van der Waals surface area contributed by atoms with Crippen molar-refractivity contribution in [1.29, 1.82) is 0 Å². The number of hydrogen-bond donors (Lipinski definition) is 2. The summed E-state index contributed by atoms with van der Waals surface area (Å²) in [7, 11) is 0. The molecule has 1 atom stereocenters. The minimum absolute atomic E-state index is 0.0745. The lowest BCUT2D eigenvalue weighted by molar-refractivity contribution is -0.156. The van der Waals surface area contributed by atoms with Crippen molar-refractivity contribution in [2.45, 2.75) is 12.5 Å². The zero-order valence-electron chi connectivity index (χ0n) is 11.1. The molecule has 2 N–H and O–H groups in total. The molecule has 0 aromatic heterocycles. The molecule has 1 fully saturated rings. The van der Waals surface area contributed by atoms with Crippen LogP contribution in [0.25, 0.3) is 0 Å². The number of benzene rings is 1. The van der Waals surface area contributed by atoms with Crippen molar-refractivity contribution in [1.82, 2.24) is 4.90 Å². The number of carbonyl (C=O) groups is 2. The van der Waals surface area contributed by atoms with Gasteiger partial charge in [-0.2, -0.15) is 0 Å². The number of carboxylic acids is 1. The van der Waals surface area contributed by atoms with Gasteiger partial charge in [-0.3, -0.25) is 9.69 Å². The first-order valence-corrected chi connectivity index (χ1v) is 6.57. The summed E-state index contributed by atoms with van der Waals surface area (Å²) in [5, 5.41) is 11.7. The number of aliphatic carboxylic acids is 1. The molecule has 1 unspecified atom stereocenters. The maximum atomic E-state index is 11.8. The standard InChI is InChI=1S/C14H18N2O4/c17-13(15-11-4-2-1-3-5-11)6-7-16-8-9-20-12(10-16)14(18)19/h1-5,12H,6-10H2,(H,15,17)(H,18,19). The predicted molar refractivity (Wildman–Crippen MR) is 73.5 cm³/mol. The van der Waals surface area contributed by atoms with E-state index in [0.717, 1.165) is 5.69 Å². The Morgan fingerprint density at radius 2 is 2.10 bits per heavy atom. The van der Waals surface area contributed by atoms with Gasteiger partial charge in [-0.1, -0.05) is 18.2 Å². The highest BCUT2D eigenvalue weighted by Crippen LogP contribution is 2.08. The van der Waals surface area contributed by atoms with Crippen LogP contribution in [0.2, 0.25) is 0 Å². The Hall–Kier alpha value is -1.92. The summed E-state index contributed by atoms with van der Waals surface area (Å²) in [5.74, 6) is -1.03. The number of anilines is 1. The number of hydrogen-bond acceptors (Lipinski definition) is 4. The van der Waals surface area contributed by atoms with E-state index in [1.807, 2.05) is 35.2 Å². The van der Waals surface area contributed by atoms with Crippen molar-refractivity contribution in [2.75, 3.05) is 31.6 Å². The van der Waals surface area contributed by atoms with Gasteiger partial charge in [0.1, 0.15) is 0 Å². The van der Waals surface area contributed by atoms with Crippen LogP contribution in [0.3, 0.4) is 0 Å². The number of amides is 1. The van der Waals surface area contributed by atoms with Gasteiger partial charge < -0.3 is 15.2 Å². The third-order valence-electron chi connectivity index (χ3n) is 3.14. The molecule has 1 heterocycles. The number of para-hydroxylation sites is 1. The number of rotatable bonds is 5. The van der Waals surface area contributed by atoms with Crippen molar-refractivity contribution in [3.05, 3.63) is 30.3 Å². The average molecular weight is 278 g/mol. The summed E-state index contributed by atoms with van der Waals surface area (Å²) in [6.45, 7) is 1.90. The first kappa shape index (κ1) is 14.5. The third kappa shape index (κ3) is 4.32. The zero-order chi connectivity index (χ0) is 14.4. The molecule has 1 aromatic rings. The molecular formula is C14H18N2O4. The lowest BCUT2D eigenvalue weighted by atomic mass is 10.2. The second-order valence-corrected chi connectivity index (χ2v) is 4.66. The van der Waals surface area contributed by atoms with E-state index in [9.17, 15) is 9.59 Å². The molecule has 1 amide bonds. The molecule has 0 saturated carbocycles. The summed E-state index contributed by atoms with van der Waals surface area (Å²) < 4.78 is 5.13. The lowest BCUT2D eigenvalue weighted by Gasteiger charge is -2.30. The zero-order valence-corrected chi connectivity index (χ0v) is 11.1. The molecule has 1 saturated heterocycles.